The topological polar surface area (TPSA) is 69.3 Å². The zero-order chi connectivity index (χ0) is 43.5. The van der Waals surface area contributed by atoms with E-state index in [0.29, 0.717) is 5.56 Å². The van der Waals surface area contributed by atoms with Crippen molar-refractivity contribution in [1.82, 2.24) is 28.2 Å². The van der Waals surface area contributed by atoms with Crippen LogP contribution < -0.4 is 0 Å². The van der Waals surface area contributed by atoms with Gasteiger partial charge < -0.3 is 18.3 Å². The lowest BCUT2D eigenvalue weighted by Crippen LogP contribution is -2.01. The summed E-state index contributed by atoms with van der Waals surface area (Å²) in [5.41, 5.74) is 16.0. The minimum atomic E-state index is 0.568. The molecule has 0 radical (unpaired) electrons. The highest BCUT2D eigenvalue weighted by atomic mass is 15.0. The molecular weight excluding hydrogens is 807 g/mol. The van der Waals surface area contributed by atoms with Crippen molar-refractivity contribution in [2.45, 2.75) is 0 Å². The number of rotatable bonds is 5. The highest BCUT2D eigenvalue weighted by Gasteiger charge is 2.25. The van der Waals surface area contributed by atoms with Gasteiger partial charge in [0.25, 0.3) is 0 Å². The van der Waals surface area contributed by atoms with E-state index < -0.39 is 0 Å². The summed E-state index contributed by atoms with van der Waals surface area (Å²) in [7, 11) is 0. The second-order valence-electron chi connectivity index (χ2n) is 16.9. The molecule has 0 atom stereocenters. The lowest BCUT2D eigenvalue weighted by Gasteiger charge is -2.16. The van der Waals surface area contributed by atoms with Crippen LogP contribution in [0.2, 0.25) is 0 Å². The molecule has 0 bridgehead atoms. The molecule has 0 saturated carbocycles. The van der Waals surface area contributed by atoms with Crippen molar-refractivity contribution in [1.29, 1.82) is 5.26 Å². The summed E-state index contributed by atoms with van der Waals surface area (Å²) in [4.78, 5) is 9.66. The molecule has 8 aromatic carbocycles. The van der Waals surface area contributed by atoms with Crippen LogP contribution in [0.1, 0.15) is 5.56 Å². The van der Waals surface area contributed by atoms with E-state index in [2.05, 4.69) is 206 Å². The second-order valence-corrected chi connectivity index (χ2v) is 16.9. The van der Waals surface area contributed by atoms with Crippen LogP contribution in [0.25, 0.3) is 121 Å². The highest BCUT2D eigenvalue weighted by molar-refractivity contribution is 6.27. The molecule has 0 saturated heterocycles. The van der Waals surface area contributed by atoms with Gasteiger partial charge in [-0.25, -0.2) is 0 Å². The zero-order valence-electron chi connectivity index (χ0n) is 35.3. The summed E-state index contributed by atoms with van der Waals surface area (Å²) in [5, 5.41) is 19.0. The normalized spacial score (nSPS) is 11.9. The Hall–Kier alpha value is -9.25. The quantitative estimate of drug-likeness (QED) is 0.173. The Morgan fingerprint density at radius 1 is 0.379 bits per heavy atom. The Morgan fingerprint density at radius 2 is 0.939 bits per heavy atom. The molecule has 6 aromatic heterocycles. The molecule has 0 amide bonds. The summed E-state index contributed by atoms with van der Waals surface area (Å²) < 4.78 is 9.45. The maximum absolute atomic E-state index is 10.9. The lowest BCUT2D eigenvalue weighted by molar-refractivity contribution is 1.15. The minimum absolute atomic E-state index is 0.568. The fourth-order valence-electron chi connectivity index (χ4n) is 10.9. The first-order valence-corrected chi connectivity index (χ1v) is 22.1. The van der Waals surface area contributed by atoms with Crippen LogP contribution in [0.15, 0.2) is 213 Å². The molecule has 0 aliphatic heterocycles. The van der Waals surface area contributed by atoms with Gasteiger partial charge in [-0.2, -0.15) is 5.26 Å². The van der Waals surface area contributed by atoms with Crippen molar-refractivity contribution in [3.63, 3.8) is 0 Å². The third-order valence-corrected chi connectivity index (χ3v) is 13.5. The van der Waals surface area contributed by atoms with Gasteiger partial charge in [0.05, 0.1) is 67.0 Å². The molecule has 0 fully saturated rings. The van der Waals surface area contributed by atoms with Crippen LogP contribution in [-0.4, -0.2) is 28.2 Å². The largest absolute Gasteiger partial charge is 0.309 e. The molecule has 306 valence electrons. The van der Waals surface area contributed by atoms with E-state index in [4.69, 9.17) is 9.97 Å². The first-order chi connectivity index (χ1) is 32.8. The number of fused-ring (bicyclic) bond motifs is 14. The van der Waals surface area contributed by atoms with Gasteiger partial charge in [0.2, 0.25) is 0 Å². The van der Waals surface area contributed by atoms with E-state index in [9.17, 15) is 5.26 Å². The molecule has 0 N–H and O–H groups in total. The third kappa shape index (κ3) is 4.95. The monoisotopic (exact) mass is 841 g/mol. The van der Waals surface area contributed by atoms with Crippen LogP contribution in [0.3, 0.4) is 0 Å². The van der Waals surface area contributed by atoms with Gasteiger partial charge in [-0.15, -0.1) is 0 Å². The number of nitrogens with zero attached hydrogens (tertiary/aromatic N) is 7. The Labute approximate surface area is 377 Å². The van der Waals surface area contributed by atoms with Gasteiger partial charge in [0, 0.05) is 84.5 Å². The molecular formula is C59H35N7. The average molecular weight is 842 g/mol. The lowest BCUT2D eigenvalue weighted by atomic mass is 9.99. The molecule has 66 heavy (non-hydrogen) atoms. The Kier molecular flexibility index (Phi) is 7.62. The number of benzene rings is 8. The van der Waals surface area contributed by atoms with Crippen LogP contribution in [0.4, 0.5) is 0 Å². The van der Waals surface area contributed by atoms with Gasteiger partial charge in [-0.1, -0.05) is 97.1 Å². The number of nitriles is 1. The van der Waals surface area contributed by atoms with Crippen LogP contribution >= 0.6 is 0 Å². The maximum atomic E-state index is 10.9. The fourth-order valence-corrected chi connectivity index (χ4v) is 10.9. The Bertz CT molecular complexity index is 4350. The molecule has 7 heteroatoms. The van der Waals surface area contributed by atoms with Gasteiger partial charge in [0.15, 0.2) is 0 Å². The van der Waals surface area contributed by atoms with E-state index in [1.165, 1.54) is 16.2 Å². The van der Waals surface area contributed by atoms with Crippen molar-refractivity contribution in [3.8, 4) is 39.9 Å². The van der Waals surface area contributed by atoms with E-state index in [0.717, 1.165) is 105 Å². The van der Waals surface area contributed by atoms with Crippen LogP contribution in [-0.2, 0) is 0 Å². The molecule has 0 aliphatic carbocycles. The molecule has 14 rings (SSSR count). The summed E-state index contributed by atoms with van der Waals surface area (Å²) in [6, 6.07) is 71.1. The van der Waals surface area contributed by atoms with Crippen molar-refractivity contribution in [3.05, 3.63) is 218 Å². The van der Waals surface area contributed by atoms with E-state index >= 15 is 0 Å². The van der Waals surface area contributed by atoms with E-state index in [1.807, 2.05) is 30.7 Å². The second kappa shape index (κ2) is 13.9. The zero-order valence-corrected chi connectivity index (χ0v) is 35.3. The van der Waals surface area contributed by atoms with Gasteiger partial charge in [-0.05, 0) is 97.1 Å². The van der Waals surface area contributed by atoms with Crippen molar-refractivity contribution < 1.29 is 0 Å². The van der Waals surface area contributed by atoms with Gasteiger partial charge in [-0.3, -0.25) is 9.97 Å². The van der Waals surface area contributed by atoms with Crippen molar-refractivity contribution >= 4 is 87.4 Å². The molecule has 0 spiro atoms. The predicted octanol–water partition coefficient (Wildman–Crippen LogP) is 14.4. The number of aromatic nitrogens is 6. The average Bonchev–Trinajstić information content (AvgIpc) is 4.11. The number of hydrogen-bond donors (Lipinski definition) is 0. The summed E-state index contributed by atoms with van der Waals surface area (Å²) in [6.07, 6.45) is 5.64. The van der Waals surface area contributed by atoms with Gasteiger partial charge in [0.1, 0.15) is 0 Å². The molecule has 0 unspecified atom stereocenters. The first-order valence-electron chi connectivity index (χ1n) is 22.1. The SMILES string of the molecule is N#Cc1ccc(-n2c3ccccc3c3c2ccc2c4ncccc4n(-c4ccccc4)c23)cc1-c1cnccc1-n1c2ccccc2c2c1ccc1c3ccccc3n(-c3ccccc3)c12. The van der Waals surface area contributed by atoms with E-state index in [-0.39, 0.29) is 0 Å². The fraction of sp³-hybridized carbons (Fsp3) is 0. The summed E-state index contributed by atoms with van der Waals surface area (Å²) in [6.45, 7) is 0. The Morgan fingerprint density at radius 3 is 1.64 bits per heavy atom. The van der Waals surface area contributed by atoms with Gasteiger partial charge >= 0.3 is 0 Å². The molecule has 6 heterocycles. The Balaban J connectivity index is 1.04. The van der Waals surface area contributed by atoms with Crippen LogP contribution in [0, 0.1) is 11.3 Å². The molecule has 0 aliphatic rings. The third-order valence-electron chi connectivity index (χ3n) is 13.5. The highest BCUT2D eigenvalue weighted by Crippen LogP contribution is 2.45. The van der Waals surface area contributed by atoms with Crippen molar-refractivity contribution in [2.24, 2.45) is 0 Å². The molecule has 14 aromatic rings. The number of pyridine rings is 2. The minimum Gasteiger partial charge on any atom is -0.309 e. The number of para-hydroxylation sites is 5. The summed E-state index contributed by atoms with van der Waals surface area (Å²) in [5.74, 6) is 0. The smallest absolute Gasteiger partial charge is 0.0998 e. The summed E-state index contributed by atoms with van der Waals surface area (Å²) >= 11 is 0. The standard InChI is InChI=1S/C59H35N7/c60-35-37-25-26-40(63-49-22-11-8-19-43(49)55-52(63)30-28-45-57-54(24-13-32-62-57)65(59(45)55)39-16-5-2-6-17-39)34-46(37)47-36-61-33-31-51(47)66-50-23-12-9-20-44(50)56-53(66)29-27-42-41-18-7-10-21-48(41)64(58(42)56)38-14-3-1-4-15-38/h1-34,36H. The van der Waals surface area contributed by atoms with E-state index in [1.54, 1.807) is 0 Å². The molecule has 7 nitrogen and oxygen atoms in total. The maximum Gasteiger partial charge on any atom is 0.0998 e. The van der Waals surface area contributed by atoms with Crippen molar-refractivity contribution in [2.75, 3.05) is 0 Å². The first kappa shape index (κ1) is 36.3. The number of hydrogen-bond acceptors (Lipinski definition) is 3. The van der Waals surface area contributed by atoms with Crippen LogP contribution in [0.5, 0.6) is 0 Å². The predicted molar refractivity (Wildman–Crippen MR) is 270 cm³/mol.